The van der Waals surface area contributed by atoms with Gasteiger partial charge in [0.25, 0.3) is 6.29 Å². The summed E-state index contributed by atoms with van der Waals surface area (Å²) in [5.41, 5.74) is 0.556. The van der Waals surface area contributed by atoms with Gasteiger partial charge >= 0.3 is 11.9 Å². The first-order valence-corrected chi connectivity index (χ1v) is 6.31. The Bertz CT molecular complexity index is 453. The van der Waals surface area contributed by atoms with E-state index in [4.69, 9.17) is 14.2 Å². The van der Waals surface area contributed by atoms with Crippen LogP contribution in [0.15, 0.2) is 24.3 Å². The van der Waals surface area contributed by atoms with Gasteiger partial charge in [0.2, 0.25) is 0 Å². The highest BCUT2D eigenvalue weighted by Gasteiger charge is 2.31. The molecule has 0 bridgehead atoms. The van der Waals surface area contributed by atoms with Gasteiger partial charge in [-0.3, -0.25) is 9.59 Å². The third kappa shape index (κ3) is 3.47. The van der Waals surface area contributed by atoms with Crippen molar-refractivity contribution in [3.05, 3.63) is 29.8 Å². The van der Waals surface area contributed by atoms with Crippen molar-refractivity contribution >= 4 is 11.9 Å². The van der Waals surface area contributed by atoms with Crippen LogP contribution < -0.4 is 4.74 Å². The quantitative estimate of drug-likeness (QED) is 0.464. The largest absolute Gasteiger partial charge is 0.493 e. The normalized spacial score (nSPS) is 15.8. The van der Waals surface area contributed by atoms with Crippen LogP contribution in [-0.4, -0.2) is 18.5 Å². The van der Waals surface area contributed by atoms with E-state index in [0.717, 1.165) is 12.8 Å². The molecular weight excluding hydrogens is 248 g/mol. The lowest BCUT2D eigenvalue weighted by Gasteiger charge is -2.24. The van der Waals surface area contributed by atoms with E-state index in [9.17, 15) is 9.59 Å². The molecule has 0 aliphatic carbocycles. The summed E-state index contributed by atoms with van der Waals surface area (Å²) in [7, 11) is 0. The molecule has 1 aromatic rings. The lowest BCUT2D eigenvalue weighted by atomic mass is 10.2. The van der Waals surface area contributed by atoms with Gasteiger partial charge in [0.1, 0.15) is 12.2 Å². The van der Waals surface area contributed by atoms with Crippen LogP contribution in [-0.2, 0) is 19.1 Å². The minimum absolute atomic E-state index is 0.338. The lowest BCUT2D eigenvalue weighted by Crippen LogP contribution is -2.27. The maximum absolute atomic E-state index is 11.3. The molecule has 0 saturated carbocycles. The molecule has 1 aliphatic rings. The summed E-state index contributed by atoms with van der Waals surface area (Å²) < 4.78 is 15.7. The summed E-state index contributed by atoms with van der Waals surface area (Å²) in [6.45, 7) is 2.64. The molecule has 19 heavy (non-hydrogen) atoms. The zero-order valence-corrected chi connectivity index (χ0v) is 10.8. The highest BCUT2D eigenvalue weighted by Crippen LogP contribution is 2.31. The van der Waals surface area contributed by atoms with Crippen LogP contribution in [0.2, 0.25) is 0 Å². The number of carbonyl (C=O) groups excluding carboxylic acids is 2. The Morgan fingerprint density at radius 2 is 1.89 bits per heavy atom. The summed E-state index contributed by atoms with van der Waals surface area (Å²) in [4.78, 5) is 22.5. The zero-order chi connectivity index (χ0) is 13.7. The minimum Gasteiger partial charge on any atom is -0.493 e. The van der Waals surface area contributed by atoms with E-state index in [1.807, 2.05) is 6.07 Å². The van der Waals surface area contributed by atoms with Crippen molar-refractivity contribution in [2.24, 2.45) is 0 Å². The van der Waals surface area contributed by atoms with Crippen LogP contribution in [0.3, 0.4) is 0 Å². The molecular formula is C14H16O5. The zero-order valence-electron chi connectivity index (χ0n) is 10.8. The molecule has 5 nitrogen and oxygen atoms in total. The fraction of sp³-hybridized carbons (Fsp3) is 0.429. The summed E-state index contributed by atoms with van der Waals surface area (Å²) >= 11 is 0. The number of hydrogen-bond acceptors (Lipinski definition) is 5. The van der Waals surface area contributed by atoms with E-state index in [0.29, 0.717) is 17.9 Å². The maximum Gasteiger partial charge on any atom is 0.320 e. The number of rotatable bonds is 5. The summed E-state index contributed by atoms with van der Waals surface area (Å²) in [6, 6.07) is 7.08. The Morgan fingerprint density at radius 3 is 2.58 bits per heavy atom. The average Bonchev–Trinajstić information content (AvgIpc) is 2.38. The third-order valence-electron chi connectivity index (χ3n) is 2.69. The molecule has 0 amide bonds. The molecule has 0 spiro atoms. The van der Waals surface area contributed by atoms with Gasteiger partial charge in [0.15, 0.2) is 0 Å². The van der Waals surface area contributed by atoms with Gasteiger partial charge in [-0.05, 0) is 18.6 Å². The first-order chi connectivity index (χ1) is 9.20. The van der Waals surface area contributed by atoms with Crippen molar-refractivity contribution in [1.82, 2.24) is 0 Å². The van der Waals surface area contributed by atoms with Crippen molar-refractivity contribution in [1.29, 1.82) is 0 Å². The number of cyclic esters (lactones) is 2. The topological polar surface area (TPSA) is 61.8 Å². The van der Waals surface area contributed by atoms with Gasteiger partial charge in [-0.2, -0.15) is 0 Å². The number of esters is 2. The van der Waals surface area contributed by atoms with Crippen molar-refractivity contribution in [2.45, 2.75) is 32.5 Å². The Hall–Kier alpha value is -2.04. The van der Waals surface area contributed by atoms with Gasteiger partial charge < -0.3 is 14.2 Å². The second-order valence-corrected chi connectivity index (χ2v) is 4.23. The standard InChI is InChI=1S/C14H16O5/c1-2-3-8-17-11-7-5-4-6-10(11)14-18-12(15)9-13(16)19-14/h4-7,14H,2-3,8-9H2,1H3. The minimum atomic E-state index is -1.01. The van der Waals surface area contributed by atoms with E-state index in [2.05, 4.69) is 6.92 Å². The molecule has 5 heteroatoms. The number of ether oxygens (including phenoxy) is 3. The van der Waals surface area contributed by atoms with Crippen molar-refractivity contribution in [3.8, 4) is 5.75 Å². The molecule has 0 unspecified atom stereocenters. The molecule has 2 rings (SSSR count). The van der Waals surface area contributed by atoms with E-state index >= 15 is 0 Å². The summed E-state index contributed by atoms with van der Waals surface area (Å²) in [5, 5.41) is 0. The molecule has 0 N–H and O–H groups in total. The lowest BCUT2D eigenvalue weighted by molar-refractivity contribution is -0.205. The predicted molar refractivity (Wildman–Crippen MR) is 66.4 cm³/mol. The van der Waals surface area contributed by atoms with Crippen LogP contribution in [0.5, 0.6) is 5.75 Å². The number of carbonyl (C=O) groups is 2. The molecule has 1 heterocycles. The third-order valence-corrected chi connectivity index (χ3v) is 2.69. The monoisotopic (exact) mass is 264 g/mol. The number of unbranched alkanes of at least 4 members (excludes halogenated alkanes) is 1. The Labute approximate surface area is 111 Å². The Morgan fingerprint density at radius 1 is 1.21 bits per heavy atom. The molecule has 1 fully saturated rings. The average molecular weight is 264 g/mol. The van der Waals surface area contributed by atoms with Gasteiger partial charge in [-0.15, -0.1) is 0 Å². The van der Waals surface area contributed by atoms with Crippen molar-refractivity contribution in [2.75, 3.05) is 6.61 Å². The highest BCUT2D eigenvalue weighted by molar-refractivity contribution is 5.92. The highest BCUT2D eigenvalue weighted by atomic mass is 16.7. The van der Waals surface area contributed by atoms with E-state index in [1.54, 1.807) is 18.2 Å². The summed E-state index contributed by atoms with van der Waals surface area (Å²) in [6.07, 6.45) is 0.607. The molecule has 1 aromatic carbocycles. The molecule has 0 radical (unpaired) electrons. The summed E-state index contributed by atoms with van der Waals surface area (Å²) in [5.74, 6) is -0.585. The van der Waals surface area contributed by atoms with Gasteiger partial charge in [0.05, 0.1) is 12.2 Å². The predicted octanol–water partition coefficient (Wildman–Crippen LogP) is 2.35. The molecule has 102 valence electrons. The van der Waals surface area contributed by atoms with E-state index in [-0.39, 0.29) is 6.42 Å². The van der Waals surface area contributed by atoms with Gasteiger partial charge in [-0.25, -0.2) is 0 Å². The first-order valence-electron chi connectivity index (χ1n) is 6.31. The van der Waals surface area contributed by atoms with Crippen molar-refractivity contribution in [3.63, 3.8) is 0 Å². The number of benzene rings is 1. The second kappa shape index (κ2) is 6.22. The molecule has 0 aromatic heterocycles. The van der Waals surface area contributed by atoms with Crippen LogP contribution in [0.4, 0.5) is 0 Å². The SMILES string of the molecule is CCCCOc1ccccc1C1OC(=O)CC(=O)O1. The maximum atomic E-state index is 11.3. The van der Waals surface area contributed by atoms with Crippen molar-refractivity contribution < 1.29 is 23.8 Å². The Kier molecular flexibility index (Phi) is 4.39. The van der Waals surface area contributed by atoms with Crippen LogP contribution in [0, 0.1) is 0 Å². The fourth-order valence-electron chi connectivity index (χ4n) is 1.72. The number of hydrogen-bond donors (Lipinski definition) is 0. The molecule has 1 saturated heterocycles. The van der Waals surface area contributed by atoms with Crippen LogP contribution in [0.25, 0.3) is 0 Å². The van der Waals surface area contributed by atoms with Gasteiger partial charge in [-0.1, -0.05) is 25.5 Å². The first kappa shape index (κ1) is 13.4. The van der Waals surface area contributed by atoms with E-state index < -0.39 is 18.2 Å². The van der Waals surface area contributed by atoms with E-state index in [1.165, 1.54) is 0 Å². The van der Waals surface area contributed by atoms with Gasteiger partial charge in [0, 0.05) is 0 Å². The number of para-hydroxylation sites is 1. The van der Waals surface area contributed by atoms with Crippen LogP contribution in [0.1, 0.15) is 38.0 Å². The van der Waals surface area contributed by atoms with Crippen LogP contribution >= 0.6 is 0 Å². The smallest absolute Gasteiger partial charge is 0.320 e. The second-order valence-electron chi connectivity index (χ2n) is 4.23. The Balaban J connectivity index is 2.14. The molecule has 1 aliphatic heterocycles. The fourth-order valence-corrected chi connectivity index (χ4v) is 1.72. The molecule has 0 atom stereocenters.